The highest BCUT2D eigenvalue weighted by Crippen LogP contribution is 2.06. The molecular weight excluding hydrogens is 152 g/mol. The zero-order valence-electron chi connectivity index (χ0n) is 7.79. The monoisotopic (exact) mass is 170 g/mol. The SMILES string of the molecule is CCCCN1CCN=C1CCO. The number of nitrogens with zero attached hydrogens (tertiary/aromatic N) is 2. The molecular formula is C9H18N2O. The van der Waals surface area contributed by atoms with E-state index in [9.17, 15) is 0 Å². The molecule has 12 heavy (non-hydrogen) atoms. The smallest absolute Gasteiger partial charge is 0.101 e. The molecule has 0 saturated carbocycles. The van der Waals surface area contributed by atoms with Crippen molar-refractivity contribution in [3.05, 3.63) is 0 Å². The summed E-state index contributed by atoms with van der Waals surface area (Å²) in [5.74, 6) is 1.10. The minimum atomic E-state index is 0.224. The maximum absolute atomic E-state index is 8.76. The molecule has 0 aliphatic carbocycles. The lowest BCUT2D eigenvalue weighted by molar-refractivity contribution is 0.300. The molecule has 0 radical (unpaired) electrons. The fourth-order valence-corrected chi connectivity index (χ4v) is 1.46. The van der Waals surface area contributed by atoms with Crippen LogP contribution in [0, 0.1) is 0 Å². The largest absolute Gasteiger partial charge is 0.396 e. The third-order valence-electron chi connectivity index (χ3n) is 2.15. The lowest BCUT2D eigenvalue weighted by atomic mass is 10.3. The van der Waals surface area contributed by atoms with E-state index >= 15 is 0 Å². The summed E-state index contributed by atoms with van der Waals surface area (Å²) in [6, 6.07) is 0. The first kappa shape index (κ1) is 9.52. The Hall–Kier alpha value is -0.570. The summed E-state index contributed by atoms with van der Waals surface area (Å²) in [5.41, 5.74) is 0. The van der Waals surface area contributed by atoms with Crippen LogP contribution in [0.4, 0.5) is 0 Å². The van der Waals surface area contributed by atoms with E-state index in [-0.39, 0.29) is 6.61 Å². The summed E-state index contributed by atoms with van der Waals surface area (Å²) in [6.45, 7) is 5.49. The van der Waals surface area contributed by atoms with Crippen LogP contribution in [-0.4, -0.2) is 42.1 Å². The van der Waals surface area contributed by atoms with Crippen molar-refractivity contribution >= 4 is 5.84 Å². The van der Waals surface area contributed by atoms with Crippen molar-refractivity contribution in [1.82, 2.24) is 4.90 Å². The molecule has 0 amide bonds. The zero-order valence-corrected chi connectivity index (χ0v) is 7.79. The first-order valence-electron chi connectivity index (χ1n) is 4.77. The number of aliphatic imine (C=N–C) groups is 1. The van der Waals surface area contributed by atoms with Crippen molar-refractivity contribution in [3.63, 3.8) is 0 Å². The molecule has 0 spiro atoms. The highest BCUT2D eigenvalue weighted by Gasteiger charge is 2.14. The molecule has 0 bridgehead atoms. The number of unbranched alkanes of at least 4 members (excludes halogenated alkanes) is 1. The summed E-state index contributed by atoms with van der Waals surface area (Å²) < 4.78 is 0. The maximum Gasteiger partial charge on any atom is 0.101 e. The van der Waals surface area contributed by atoms with Crippen molar-refractivity contribution in [1.29, 1.82) is 0 Å². The Morgan fingerprint density at radius 1 is 1.58 bits per heavy atom. The number of aliphatic hydroxyl groups is 1. The van der Waals surface area contributed by atoms with Gasteiger partial charge in [0, 0.05) is 19.5 Å². The van der Waals surface area contributed by atoms with Gasteiger partial charge >= 0.3 is 0 Å². The Balaban J connectivity index is 2.28. The van der Waals surface area contributed by atoms with Crippen LogP contribution < -0.4 is 0 Å². The van der Waals surface area contributed by atoms with Gasteiger partial charge in [0.15, 0.2) is 0 Å². The predicted octanol–water partition coefficient (Wildman–Crippen LogP) is 0.883. The van der Waals surface area contributed by atoms with E-state index in [1.54, 1.807) is 0 Å². The average Bonchev–Trinajstić information content (AvgIpc) is 2.50. The molecule has 0 unspecified atom stereocenters. The molecule has 1 rings (SSSR count). The van der Waals surface area contributed by atoms with Gasteiger partial charge in [0.25, 0.3) is 0 Å². The van der Waals surface area contributed by atoms with Gasteiger partial charge < -0.3 is 10.0 Å². The molecule has 1 aliphatic rings. The van der Waals surface area contributed by atoms with Crippen LogP contribution in [0.15, 0.2) is 4.99 Å². The van der Waals surface area contributed by atoms with Crippen LogP contribution >= 0.6 is 0 Å². The fourth-order valence-electron chi connectivity index (χ4n) is 1.46. The van der Waals surface area contributed by atoms with Crippen molar-refractivity contribution in [2.45, 2.75) is 26.2 Å². The predicted molar refractivity (Wildman–Crippen MR) is 50.5 cm³/mol. The van der Waals surface area contributed by atoms with E-state index < -0.39 is 0 Å². The highest BCUT2D eigenvalue weighted by molar-refractivity contribution is 5.83. The van der Waals surface area contributed by atoms with Crippen LogP contribution in [0.5, 0.6) is 0 Å². The summed E-state index contributed by atoms with van der Waals surface area (Å²) in [6.07, 6.45) is 3.18. The van der Waals surface area contributed by atoms with Crippen molar-refractivity contribution in [3.8, 4) is 0 Å². The molecule has 0 fully saturated rings. The van der Waals surface area contributed by atoms with Gasteiger partial charge in [-0.2, -0.15) is 0 Å². The van der Waals surface area contributed by atoms with Gasteiger partial charge in [-0.3, -0.25) is 4.99 Å². The molecule has 1 heterocycles. The molecule has 1 aliphatic heterocycles. The van der Waals surface area contributed by atoms with Crippen LogP contribution in [0.1, 0.15) is 26.2 Å². The molecule has 0 saturated heterocycles. The Morgan fingerprint density at radius 3 is 3.08 bits per heavy atom. The lowest BCUT2D eigenvalue weighted by Gasteiger charge is -2.19. The normalized spacial score (nSPS) is 16.8. The van der Waals surface area contributed by atoms with Gasteiger partial charge in [0.2, 0.25) is 0 Å². The van der Waals surface area contributed by atoms with Crippen molar-refractivity contribution in [2.24, 2.45) is 4.99 Å². The minimum Gasteiger partial charge on any atom is -0.396 e. The molecule has 0 aromatic rings. The Labute approximate surface area is 74.1 Å². The summed E-state index contributed by atoms with van der Waals surface area (Å²) in [4.78, 5) is 6.63. The van der Waals surface area contributed by atoms with Crippen LogP contribution in [-0.2, 0) is 0 Å². The average molecular weight is 170 g/mol. The number of aliphatic hydroxyl groups excluding tert-OH is 1. The van der Waals surface area contributed by atoms with Gasteiger partial charge in [-0.1, -0.05) is 13.3 Å². The van der Waals surface area contributed by atoms with Crippen molar-refractivity contribution in [2.75, 3.05) is 26.2 Å². The second-order valence-electron chi connectivity index (χ2n) is 3.11. The van der Waals surface area contributed by atoms with Crippen LogP contribution in [0.2, 0.25) is 0 Å². The first-order chi connectivity index (χ1) is 5.88. The highest BCUT2D eigenvalue weighted by atomic mass is 16.3. The van der Waals surface area contributed by atoms with Gasteiger partial charge in [-0.25, -0.2) is 0 Å². The van der Waals surface area contributed by atoms with Crippen molar-refractivity contribution < 1.29 is 5.11 Å². The number of hydrogen-bond acceptors (Lipinski definition) is 3. The Bertz CT molecular complexity index is 157. The fraction of sp³-hybridized carbons (Fsp3) is 0.889. The van der Waals surface area contributed by atoms with Gasteiger partial charge in [-0.15, -0.1) is 0 Å². The molecule has 1 N–H and O–H groups in total. The topological polar surface area (TPSA) is 35.8 Å². The van der Waals surface area contributed by atoms with Gasteiger partial charge in [0.05, 0.1) is 13.2 Å². The Morgan fingerprint density at radius 2 is 2.42 bits per heavy atom. The molecule has 3 heteroatoms. The summed E-state index contributed by atoms with van der Waals surface area (Å²) in [5, 5.41) is 8.76. The third-order valence-corrected chi connectivity index (χ3v) is 2.15. The molecule has 70 valence electrons. The first-order valence-corrected chi connectivity index (χ1v) is 4.77. The van der Waals surface area contributed by atoms with Crippen LogP contribution in [0.3, 0.4) is 0 Å². The Kier molecular flexibility index (Phi) is 4.08. The number of rotatable bonds is 5. The van der Waals surface area contributed by atoms with Crippen LogP contribution in [0.25, 0.3) is 0 Å². The summed E-state index contributed by atoms with van der Waals surface area (Å²) >= 11 is 0. The second kappa shape index (κ2) is 5.14. The molecule has 0 atom stereocenters. The van der Waals surface area contributed by atoms with Gasteiger partial charge in [0.1, 0.15) is 5.84 Å². The van der Waals surface area contributed by atoms with E-state index in [0.29, 0.717) is 0 Å². The minimum absolute atomic E-state index is 0.224. The summed E-state index contributed by atoms with van der Waals surface area (Å²) in [7, 11) is 0. The standard InChI is InChI=1S/C9H18N2O/c1-2-3-6-11-7-5-10-9(11)4-8-12/h12H,2-8H2,1H3. The zero-order chi connectivity index (χ0) is 8.81. The quantitative estimate of drug-likeness (QED) is 0.665. The van der Waals surface area contributed by atoms with E-state index in [2.05, 4.69) is 16.8 Å². The van der Waals surface area contributed by atoms with E-state index in [4.69, 9.17) is 5.11 Å². The van der Waals surface area contributed by atoms with Gasteiger partial charge in [-0.05, 0) is 6.42 Å². The number of hydrogen-bond donors (Lipinski definition) is 1. The molecule has 0 aromatic heterocycles. The lowest BCUT2D eigenvalue weighted by Crippen LogP contribution is -2.29. The maximum atomic E-state index is 8.76. The second-order valence-corrected chi connectivity index (χ2v) is 3.11. The van der Waals surface area contributed by atoms with E-state index in [1.807, 2.05) is 0 Å². The van der Waals surface area contributed by atoms with E-state index in [1.165, 1.54) is 12.8 Å². The molecule has 3 nitrogen and oxygen atoms in total. The number of amidine groups is 1. The third kappa shape index (κ3) is 2.48. The molecule has 0 aromatic carbocycles. The van der Waals surface area contributed by atoms with E-state index in [0.717, 1.165) is 31.9 Å².